The minimum absolute atomic E-state index is 0. The fourth-order valence-corrected chi connectivity index (χ4v) is 2.35. The lowest BCUT2D eigenvalue weighted by Gasteiger charge is -2.14. The van der Waals surface area contributed by atoms with Crippen molar-refractivity contribution in [1.82, 2.24) is 0 Å². The van der Waals surface area contributed by atoms with Crippen molar-refractivity contribution in [1.29, 1.82) is 0 Å². The number of aliphatic imine (C=N–C) groups is 1. The van der Waals surface area contributed by atoms with E-state index in [0.29, 0.717) is 19.4 Å². The van der Waals surface area contributed by atoms with Gasteiger partial charge in [0, 0.05) is 13.0 Å². The number of benzene rings is 2. The van der Waals surface area contributed by atoms with E-state index in [1.165, 1.54) is 18.2 Å². The van der Waals surface area contributed by atoms with Crippen LogP contribution in [-0.4, -0.2) is 24.8 Å². The maximum atomic E-state index is 12.4. The molecule has 0 aliphatic rings. The molecule has 0 spiro atoms. The van der Waals surface area contributed by atoms with Gasteiger partial charge in [-0.25, -0.2) is 0 Å². The van der Waals surface area contributed by atoms with Crippen LogP contribution in [0.25, 0.3) is 0 Å². The van der Waals surface area contributed by atoms with E-state index in [-0.39, 0.29) is 54.6 Å². The van der Waals surface area contributed by atoms with Crippen LogP contribution in [0.4, 0.5) is 18.9 Å². The maximum absolute atomic E-state index is 12.4. The highest BCUT2D eigenvalue weighted by molar-refractivity contribution is 14.0. The number of guanidine groups is 1. The van der Waals surface area contributed by atoms with Crippen LogP contribution in [0, 0.1) is 0 Å². The molecule has 0 aliphatic heterocycles. The summed E-state index contributed by atoms with van der Waals surface area (Å²) in [6, 6.07) is 14.9. The zero-order valence-corrected chi connectivity index (χ0v) is 18.4. The average Bonchev–Trinajstić information content (AvgIpc) is 2.67. The molecular formula is C20H23F3IN3O3. The largest absolute Gasteiger partial charge is 0.573 e. The van der Waals surface area contributed by atoms with Gasteiger partial charge in [0.1, 0.15) is 6.61 Å². The van der Waals surface area contributed by atoms with E-state index in [9.17, 15) is 18.0 Å². The summed E-state index contributed by atoms with van der Waals surface area (Å²) in [5, 5.41) is 2.58. The molecule has 2 rings (SSSR count). The summed E-state index contributed by atoms with van der Waals surface area (Å²) in [6.45, 7) is 0.543. The SMILES string of the molecule is I.NC(=NCCCCC(=O)OCc1ccccc1)Nc1ccccc1OC(F)(F)F. The number of halogens is 4. The van der Waals surface area contributed by atoms with Crippen molar-refractivity contribution in [3.8, 4) is 5.75 Å². The van der Waals surface area contributed by atoms with Gasteiger partial charge in [0.05, 0.1) is 5.69 Å². The Morgan fingerprint density at radius 2 is 1.70 bits per heavy atom. The third-order valence-corrected chi connectivity index (χ3v) is 3.69. The van der Waals surface area contributed by atoms with Crippen molar-refractivity contribution < 1.29 is 27.4 Å². The summed E-state index contributed by atoms with van der Waals surface area (Å²) >= 11 is 0. The molecule has 0 unspecified atom stereocenters. The summed E-state index contributed by atoms with van der Waals surface area (Å²) < 4.78 is 46.3. The second kappa shape index (κ2) is 12.9. The summed E-state index contributed by atoms with van der Waals surface area (Å²) in [5.41, 5.74) is 6.67. The number of nitrogens with two attached hydrogens (primary N) is 1. The number of rotatable bonds is 9. The quantitative estimate of drug-likeness (QED) is 0.157. The minimum Gasteiger partial charge on any atom is -0.461 e. The van der Waals surface area contributed by atoms with Crippen molar-refractivity contribution in [2.24, 2.45) is 10.7 Å². The van der Waals surface area contributed by atoms with Gasteiger partial charge >= 0.3 is 12.3 Å². The van der Waals surface area contributed by atoms with Crippen molar-refractivity contribution in [2.45, 2.75) is 32.2 Å². The molecular weight excluding hydrogens is 514 g/mol. The average molecular weight is 537 g/mol. The lowest BCUT2D eigenvalue weighted by atomic mass is 10.2. The topological polar surface area (TPSA) is 85.9 Å². The van der Waals surface area contributed by atoms with Crippen LogP contribution in [-0.2, 0) is 16.1 Å². The molecule has 164 valence electrons. The van der Waals surface area contributed by atoms with Gasteiger partial charge in [-0.05, 0) is 30.5 Å². The van der Waals surface area contributed by atoms with Gasteiger partial charge in [0.15, 0.2) is 11.7 Å². The molecule has 6 nitrogen and oxygen atoms in total. The van der Waals surface area contributed by atoms with Crippen molar-refractivity contribution in [3.63, 3.8) is 0 Å². The molecule has 0 atom stereocenters. The monoisotopic (exact) mass is 537 g/mol. The number of carbonyl (C=O) groups is 1. The summed E-state index contributed by atoms with van der Waals surface area (Å²) in [5.74, 6) is -0.753. The standard InChI is InChI=1S/C20H22F3N3O3.HI/c21-20(22,23)29-17-11-5-4-10-16(17)26-19(24)25-13-7-6-12-18(27)28-14-15-8-2-1-3-9-15;/h1-5,8-11H,6-7,12-14H2,(H3,24,25,26);1H. The molecule has 0 radical (unpaired) electrons. The molecule has 30 heavy (non-hydrogen) atoms. The number of anilines is 1. The van der Waals surface area contributed by atoms with E-state index in [4.69, 9.17) is 10.5 Å². The second-order valence-electron chi connectivity index (χ2n) is 6.04. The van der Waals surface area contributed by atoms with E-state index in [0.717, 1.165) is 5.56 Å². The predicted molar refractivity (Wildman–Crippen MR) is 119 cm³/mol. The molecule has 0 amide bonds. The lowest BCUT2D eigenvalue weighted by molar-refractivity contribution is -0.274. The Labute approximate surface area is 189 Å². The van der Waals surface area contributed by atoms with Crippen molar-refractivity contribution in [3.05, 3.63) is 60.2 Å². The van der Waals surface area contributed by atoms with Crippen molar-refractivity contribution >= 4 is 41.6 Å². The fraction of sp³-hybridized carbons (Fsp3) is 0.300. The molecule has 3 N–H and O–H groups in total. The highest BCUT2D eigenvalue weighted by Crippen LogP contribution is 2.29. The Kier molecular flexibility index (Phi) is 11.0. The zero-order chi connectivity index (χ0) is 21.1. The van der Waals surface area contributed by atoms with Gasteiger partial charge in [-0.1, -0.05) is 42.5 Å². The predicted octanol–water partition coefficient (Wildman–Crippen LogP) is 4.84. The number of unbranched alkanes of at least 4 members (excludes halogenated alkanes) is 1. The molecule has 10 heteroatoms. The molecule has 0 fully saturated rings. The lowest BCUT2D eigenvalue weighted by Crippen LogP contribution is -2.24. The second-order valence-corrected chi connectivity index (χ2v) is 6.04. The molecule has 0 saturated carbocycles. The Hall–Kier alpha value is -2.50. The van der Waals surface area contributed by atoms with Crippen LogP contribution in [0.2, 0.25) is 0 Å². The van der Waals surface area contributed by atoms with E-state index < -0.39 is 12.1 Å². The Morgan fingerprint density at radius 3 is 2.40 bits per heavy atom. The van der Waals surface area contributed by atoms with Gasteiger partial charge in [0.2, 0.25) is 0 Å². The number of nitrogens with zero attached hydrogens (tertiary/aromatic N) is 1. The van der Waals surface area contributed by atoms with Gasteiger partial charge < -0.3 is 20.5 Å². The maximum Gasteiger partial charge on any atom is 0.573 e. The molecule has 0 saturated heterocycles. The number of para-hydroxylation sites is 2. The van der Waals surface area contributed by atoms with Crippen LogP contribution in [0.1, 0.15) is 24.8 Å². The van der Waals surface area contributed by atoms with Gasteiger partial charge in [-0.3, -0.25) is 9.79 Å². The molecule has 0 bridgehead atoms. The number of carbonyl (C=O) groups excluding carboxylic acids is 1. The molecule has 2 aromatic carbocycles. The van der Waals surface area contributed by atoms with Gasteiger partial charge in [-0.15, -0.1) is 37.1 Å². The van der Waals surface area contributed by atoms with Crippen LogP contribution in [0.15, 0.2) is 59.6 Å². The minimum atomic E-state index is -4.81. The number of nitrogens with one attached hydrogen (secondary N) is 1. The van der Waals surface area contributed by atoms with E-state index >= 15 is 0 Å². The Morgan fingerprint density at radius 1 is 1.03 bits per heavy atom. The number of ether oxygens (including phenoxy) is 2. The summed E-state index contributed by atoms with van der Waals surface area (Å²) in [4.78, 5) is 15.7. The third-order valence-electron chi connectivity index (χ3n) is 3.69. The third kappa shape index (κ3) is 10.3. The molecule has 0 aromatic heterocycles. The van der Waals surface area contributed by atoms with Crippen LogP contribution in [0.5, 0.6) is 5.75 Å². The fourth-order valence-electron chi connectivity index (χ4n) is 2.35. The van der Waals surface area contributed by atoms with E-state index in [2.05, 4.69) is 15.0 Å². The number of esters is 1. The first-order valence-electron chi connectivity index (χ1n) is 8.95. The highest BCUT2D eigenvalue weighted by Gasteiger charge is 2.32. The van der Waals surface area contributed by atoms with Gasteiger partial charge in [-0.2, -0.15) is 0 Å². The zero-order valence-electron chi connectivity index (χ0n) is 16.0. The molecule has 2 aromatic rings. The van der Waals surface area contributed by atoms with Crippen LogP contribution >= 0.6 is 24.0 Å². The van der Waals surface area contributed by atoms with E-state index in [1.807, 2.05) is 30.3 Å². The molecule has 0 heterocycles. The normalized spacial score (nSPS) is 11.4. The first-order valence-corrected chi connectivity index (χ1v) is 8.95. The first-order chi connectivity index (χ1) is 13.8. The van der Waals surface area contributed by atoms with Gasteiger partial charge in [0.25, 0.3) is 0 Å². The number of alkyl halides is 3. The number of hydrogen-bond donors (Lipinski definition) is 2. The number of hydrogen-bond acceptors (Lipinski definition) is 4. The van der Waals surface area contributed by atoms with Crippen molar-refractivity contribution in [2.75, 3.05) is 11.9 Å². The first kappa shape index (κ1) is 25.5. The van der Waals surface area contributed by atoms with E-state index in [1.54, 1.807) is 6.07 Å². The summed E-state index contributed by atoms with van der Waals surface area (Å²) in [6.07, 6.45) is -3.43. The summed E-state index contributed by atoms with van der Waals surface area (Å²) in [7, 11) is 0. The smallest absolute Gasteiger partial charge is 0.461 e. The Bertz CT molecular complexity index is 818. The van der Waals surface area contributed by atoms with Crippen LogP contribution in [0.3, 0.4) is 0 Å². The van der Waals surface area contributed by atoms with Crippen LogP contribution < -0.4 is 15.8 Å². The Balaban J connectivity index is 0.00000450. The highest BCUT2D eigenvalue weighted by atomic mass is 127. The molecule has 0 aliphatic carbocycles.